The van der Waals surface area contributed by atoms with Gasteiger partial charge in [-0.1, -0.05) is 48.0 Å². The van der Waals surface area contributed by atoms with Gasteiger partial charge in [0, 0.05) is 18.0 Å². The first-order valence-corrected chi connectivity index (χ1v) is 8.45. The van der Waals surface area contributed by atoms with E-state index in [1.165, 1.54) is 24.0 Å². The molecule has 1 aromatic heterocycles. The lowest BCUT2D eigenvalue weighted by atomic mass is 10.1. The highest BCUT2D eigenvalue weighted by Gasteiger charge is 2.29. The Morgan fingerprint density at radius 3 is 2.79 bits per heavy atom. The van der Waals surface area contributed by atoms with E-state index in [2.05, 4.69) is 41.2 Å². The van der Waals surface area contributed by atoms with Crippen molar-refractivity contribution in [2.24, 2.45) is 0 Å². The van der Waals surface area contributed by atoms with Crippen molar-refractivity contribution in [1.29, 1.82) is 0 Å². The minimum absolute atomic E-state index is 0.0111. The SMILES string of the molecule is Cc1cccc(CN(Cn2ncc3ccccc3c2=O)C2CC2)c1. The molecule has 0 spiro atoms. The van der Waals surface area contributed by atoms with Gasteiger partial charge < -0.3 is 0 Å². The molecule has 1 heterocycles. The van der Waals surface area contributed by atoms with E-state index in [9.17, 15) is 4.79 Å². The quantitative estimate of drug-likeness (QED) is 0.724. The molecule has 3 aromatic rings. The molecule has 0 aliphatic heterocycles. The second-order valence-corrected chi connectivity index (χ2v) is 6.65. The van der Waals surface area contributed by atoms with Crippen molar-refractivity contribution >= 4 is 10.8 Å². The van der Waals surface area contributed by atoms with Crippen molar-refractivity contribution in [1.82, 2.24) is 14.7 Å². The van der Waals surface area contributed by atoms with E-state index >= 15 is 0 Å². The highest BCUT2D eigenvalue weighted by molar-refractivity contribution is 5.80. The summed E-state index contributed by atoms with van der Waals surface area (Å²) in [5, 5.41) is 6.01. The van der Waals surface area contributed by atoms with Crippen LogP contribution < -0.4 is 5.56 Å². The van der Waals surface area contributed by atoms with Gasteiger partial charge in [0.05, 0.1) is 18.3 Å². The number of aromatic nitrogens is 2. The molecule has 0 amide bonds. The first-order valence-electron chi connectivity index (χ1n) is 8.45. The third-order valence-electron chi connectivity index (χ3n) is 4.61. The summed E-state index contributed by atoms with van der Waals surface area (Å²) < 4.78 is 1.59. The van der Waals surface area contributed by atoms with Crippen LogP contribution in [0.1, 0.15) is 24.0 Å². The number of rotatable bonds is 5. The molecule has 0 atom stereocenters. The Bertz CT molecular complexity index is 927. The van der Waals surface area contributed by atoms with E-state index in [1.54, 1.807) is 10.9 Å². The van der Waals surface area contributed by atoms with E-state index in [-0.39, 0.29) is 5.56 Å². The topological polar surface area (TPSA) is 38.1 Å². The Labute approximate surface area is 141 Å². The maximum Gasteiger partial charge on any atom is 0.275 e. The minimum Gasteiger partial charge on any atom is -0.277 e. The van der Waals surface area contributed by atoms with Gasteiger partial charge in [-0.15, -0.1) is 0 Å². The average Bonchev–Trinajstić information content (AvgIpc) is 3.42. The normalized spacial score (nSPS) is 14.4. The van der Waals surface area contributed by atoms with Crippen molar-refractivity contribution < 1.29 is 0 Å². The van der Waals surface area contributed by atoms with Crippen molar-refractivity contribution in [2.75, 3.05) is 0 Å². The molecular formula is C20H21N3O. The Morgan fingerprint density at radius 2 is 2.00 bits per heavy atom. The fraction of sp³-hybridized carbons (Fsp3) is 0.300. The second kappa shape index (κ2) is 6.21. The summed E-state index contributed by atoms with van der Waals surface area (Å²) in [6.45, 7) is 3.51. The lowest BCUT2D eigenvalue weighted by Crippen LogP contribution is -2.34. The molecule has 4 heteroatoms. The maximum atomic E-state index is 12.7. The number of hydrogen-bond donors (Lipinski definition) is 0. The minimum atomic E-state index is -0.0111. The Kier molecular flexibility index (Phi) is 3.90. The van der Waals surface area contributed by atoms with E-state index in [0.29, 0.717) is 12.7 Å². The van der Waals surface area contributed by atoms with Gasteiger partial charge in [-0.05, 0) is 31.4 Å². The van der Waals surface area contributed by atoms with Gasteiger partial charge in [-0.2, -0.15) is 5.10 Å². The van der Waals surface area contributed by atoms with Gasteiger partial charge in [0.25, 0.3) is 5.56 Å². The molecule has 24 heavy (non-hydrogen) atoms. The predicted molar refractivity (Wildman–Crippen MR) is 95.7 cm³/mol. The van der Waals surface area contributed by atoms with Crippen molar-refractivity contribution in [3.63, 3.8) is 0 Å². The summed E-state index contributed by atoms with van der Waals surface area (Å²) in [4.78, 5) is 15.0. The predicted octanol–water partition coefficient (Wildman–Crippen LogP) is 3.33. The summed E-state index contributed by atoms with van der Waals surface area (Å²) in [5.74, 6) is 0. The summed E-state index contributed by atoms with van der Waals surface area (Å²) in [6, 6.07) is 16.8. The average molecular weight is 319 g/mol. The third-order valence-corrected chi connectivity index (χ3v) is 4.61. The van der Waals surface area contributed by atoms with Crippen LogP contribution in [0.4, 0.5) is 0 Å². The molecule has 0 N–H and O–H groups in total. The molecule has 1 fully saturated rings. The lowest BCUT2D eigenvalue weighted by Gasteiger charge is -2.22. The zero-order valence-electron chi connectivity index (χ0n) is 13.9. The highest BCUT2D eigenvalue weighted by Crippen LogP contribution is 2.28. The van der Waals surface area contributed by atoms with Crippen LogP contribution in [0, 0.1) is 6.92 Å². The van der Waals surface area contributed by atoms with Crippen LogP contribution in [0.3, 0.4) is 0 Å². The fourth-order valence-corrected chi connectivity index (χ4v) is 3.18. The highest BCUT2D eigenvalue weighted by atomic mass is 16.1. The van der Waals surface area contributed by atoms with Gasteiger partial charge in [-0.25, -0.2) is 4.68 Å². The maximum absolute atomic E-state index is 12.7. The molecule has 0 bridgehead atoms. The summed E-state index contributed by atoms with van der Waals surface area (Å²) in [6.07, 6.45) is 4.19. The van der Waals surface area contributed by atoms with Crippen LogP contribution in [0.25, 0.3) is 10.8 Å². The first-order chi connectivity index (χ1) is 11.7. The van der Waals surface area contributed by atoms with Crippen molar-refractivity contribution in [2.45, 2.75) is 39.0 Å². The molecule has 1 aliphatic carbocycles. The Balaban J connectivity index is 1.62. The first kappa shape index (κ1) is 15.1. The zero-order valence-corrected chi connectivity index (χ0v) is 13.9. The van der Waals surface area contributed by atoms with Gasteiger partial charge in [0.1, 0.15) is 0 Å². The summed E-state index contributed by atoms with van der Waals surface area (Å²) in [5.41, 5.74) is 2.54. The monoisotopic (exact) mass is 319 g/mol. The lowest BCUT2D eigenvalue weighted by molar-refractivity contribution is 0.184. The molecule has 0 saturated heterocycles. The van der Waals surface area contributed by atoms with Crippen molar-refractivity contribution in [3.05, 3.63) is 76.2 Å². The van der Waals surface area contributed by atoms with Crippen molar-refractivity contribution in [3.8, 4) is 0 Å². The molecule has 4 nitrogen and oxygen atoms in total. The standard InChI is InChI=1S/C20H21N3O/c1-15-5-4-6-16(11-15)13-22(18-9-10-18)14-23-20(24)19-8-3-2-7-17(19)12-21-23/h2-8,11-12,18H,9-10,13-14H2,1H3. The molecule has 1 aliphatic rings. The van der Waals surface area contributed by atoms with Gasteiger partial charge >= 0.3 is 0 Å². The van der Waals surface area contributed by atoms with E-state index < -0.39 is 0 Å². The third kappa shape index (κ3) is 3.10. The molecule has 1 saturated carbocycles. The van der Waals surface area contributed by atoms with Crippen LogP contribution >= 0.6 is 0 Å². The van der Waals surface area contributed by atoms with Crippen LogP contribution in [0.2, 0.25) is 0 Å². The summed E-state index contributed by atoms with van der Waals surface area (Å²) >= 11 is 0. The number of fused-ring (bicyclic) bond motifs is 1. The molecule has 0 radical (unpaired) electrons. The molecule has 4 rings (SSSR count). The Morgan fingerprint density at radius 1 is 1.17 bits per heavy atom. The second-order valence-electron chi connectivity index (χ2n) is 6.65. The van der Waals surface area contributed by atoms with Crippen LogP contribution in [0.15, 0.2) is 59.5 Å². The molecular weight excluding hydrogens is 298 g/mol. The largest absolute Gasteiger partial charge is 0.277 e. The van der Waals surface area contributed by atoms with Gasteiger partial charge in [0.15, 0.2) is 0 Å². The Hall–Kier alpha value is -2.46. The van der Waals surface area contributed by atoms with E-state index in [0.717, 1.165) is 17.3 Å². The number of hydrogen-bond acceptors (Lipinski definition) is 3. The molecule has 122 valence electrons. The fourth-order valence-electron chi connectivity index (χ4n) is 3.18. The van der Waals surface area contributed by atoms with E-state index in [4.69, 9.17) is 0 Å². The summed E-state index contributed by atoms with van der Waals surface area (Å²) in [7, 11) is 0. The molecule has 0 unspecified atom stereocenters. The van der Waals surface area contributed by atoms with Crippen LogP contribution in [0.5, 0.6) is 0 Å². The van der Waals surface area contributed by atoms with Gasteiger partial charge in [-0.3, -0.25) is 9.69 Å². The number of nitrogens with zero attached hydrogens (tertiary/aromatic N) is 3. The zero-order chi connectivity index (χ0) is 16.5. The number of aryl methyl sites for hydroxylation is 1. The van der Waals surface area contributed by atoms with Crippen LogP contribution in [-0.2, 0) is 13.2 Å². The van der Waals surface area contributed by atoms with E-state index in [1.807, 2.05) is 24.3 Å². The smallest absolute Gasteiger partial charge is 0.275 e. The number of benzene rings is 2. The van der Waals surface area contributed by atoms with Gasteiger partial charge in [0.2, 0.25) is 0 Å². The van der Waals surface area contributed by atoms with Crippen LogP contribution in [-0.4, -0.2) is 20.7 Å². The molecule has 2 aromatic carbocycles.